The van der Waals surface area contributed by atoms with E-state index < -0.39 is 86.1 Å². The van der Waals surface area contributed by atoms with Crippen LogP contribution in [0.2, 0.25) is 0 Å². The molecule has 2 aromatic heterocycles. The van der Waals surface area contributed by atoms with E-state index in [0.29, 0.717) is 11.3 Å². The molecule has 1 aliphatic heterocycles. The van der Waals surface area contributed by atoms with Crippen molar-refractivity contribution in [1.82, 2.24) is 19.8 Å². The maximum Gasteiger partial charge on any atom is 0.309 e. The molecule has 1 aliphatic rings. The first-order valence-corrected chi connectivity index (χ1v) is 15.6. The van der Waals surface area contributed by atoms with Crippen LogP contribution in [0.3, 0.4) is 0 Å². The Morgan fingerprint density at radius 3 is 2.41 bits per heavy atom. The SMILES string of the molecule is CC(C)NS(=O)(=O)c1ccc(-c2sc(-c3cc(CC(C)(C)C(=O)O)on3)nc2C(=O)N2CCC(F)(F)CC2)c(C(F)F)c1F. The van der Waals surface area contributed by atoms with E-state index in [1.807, 2.05) is 0 Å². The molecule has 2 N–H and O–H groups in total. The highest BCUT2D eigenvalue weighted by Crippen LogP contribution is 2.43. The summed E-state index contributed by atoms with van der Waals surface area (Å²) in [5, 5.41) is 13.2. The second-order valence-corrected chi connectivity index (χ2v) is 14.0. The van der Waals surface area contributed by atoms with Gasteiger partial charge in [-0.3, -0.25) is 9.59 Å². The van der Waals surface area contributed by atoms with Gasteiger partial charge in [-0.15, -0.1) is 11.3 Å². The van der Waals surface area contributed by atoms with Crippen molar-refractivity contribution in [3.8, 4) is 21.1 Å². The largest absolute Gasteiger partial charge is 0.481 e. The van der Waals surface area contributed by atoms with E-state index in [2.05, 4.69) is 14.9 Å². The van der Waals surface area contributed by atoms with E-state index in [1.165, 1.54) is 33.8 Å². The smallest absolute Gasteiger partial charge is 0.309 e. The van der Waals surface area contributed by atoms with Gasteiger partial charge in [0.1, 0.15) is 27.1 Å². The third kappa shape index (κ3) is 6.94. The molecular weight excluding hydrogens is 635 g/mol. The van der Waals surface area contributed by atoms with Crippen molar-refractivity contribution < 1.29 is 49.6 Å². The number of aromatic nitrogens is 2. The van der Waals surface area contributed by atoms with E-state index in [9.17, 15) is 40.7 Å². The molecule has 44 heavy (non-hydrogen) atoms. The number of sulfonamides is 1. The first kappa shape index (κ1) is 33.5. The lowest BCUT2D eigenvalue weighted by atomic mass is 9.88. The molecular formula is C27H29F5N4O6S2. The number of carboxylic acids is 1. The minimum atomic E-state index is -4.54. The second-order valence-electron chi connectivity index (χ2n) is 11.3. The number of amides is 1. The van der Waals surface area contributed by atoms with Crippen LogP contribution in [0.4, 0.5) is 22.0 Å². The number of benzene rings is 1. The van der Waals surface area contributed by atoms with Crippen molar-refractivity contribution in [2.45, 2.75) is 70.2 Å². The summed E-state index contributed by atoms with van der Waals surface area (Å²) in [5.74, 6) is -6.57. The van der Waals surface area contributed by atoms with Gasteiger partial charge in [-0.25, -0.2) is 40.1 Å². The monoisotopic (exact) mass is 664 g/mol. The lowest BCUT2D eigenvalue weighted by molar-refractivity contribution is -0.147. The highest BCUT2D eigenvalue weighted by Gasteiger charge is 2.38. The zero-order valence-electron chi connectivity index (χ0n) is 24.0. The normalized spacial score (nSPS) is 15.8. The van der Waals surface area contributed by atoms with Crippen LogP contribution >= 0.6 is 11.3 Å². The Bertz CT molecular complexity index is 1680. The van der Waals surface area contributed by atoms with Crippen LogP contribution in [0.1, 0.15) is 68.8 Å². The third-order valence-electron chi connectivity index (χ3n) is 6.87. The Labute approximate surface area is 253 Å². The van der Waals surface area contributed by atoms with Gasteiger partial charge in [0, 0.05) is 50.0 Å². The van der Waals surface area contributed by atoms with Crippen molar-refractivity contribution in [3.63, 3.8) is 0 Å². The second kappa shape index (κ2) is 12.2. The molecule has 0 bridgehead atoms. The zero-order chi connectivity index (χ0) is 32.8. The lowest BCUT2D eigenvalue weighted by Gasteiger charge is -2.31. The van der Waals surface area contributed by atoms with E-state index in [4.69, 9.17) is 4.52 Å². The maximum absolute atomic E-state index is 15.6. The number of halogens is 5. The fraction of sp³-hybridized carbons (Fsp3) is 0.481. The van der Waals surface area contributed by atoms with Crippen molar-refractivity contribution in [2.24, 2.45) is 5.41 Å². The predicted octanol–water partition coefficient (Wildman–Crippen LogP) is 5.75. The van der Waals surface area contributed by atoms with Gasteiger partial charge in [0.2, 0.25) is 10.0 Å². The number of hydrogen-bond acceptors (Lipinski definition) is 8. The molecule has 1 saturated heterocycles. The van der Waals surface area contributed by atoms with Gasteiger partial charge in [-0.05, 0) is 33.8 Å². The molecule has 10 nitrogen and oxygen atoms in total. The first-order valence-electron chi connectivity index (χ1n) is 13.3. The van der Waals surface area contributed by atoms with Crippen LogP contribution in [0.5, 0.6) is 0 Å². The van der Waals surface area contributed by atoms with Crippen LogP contribution < -0.4 is 4.72 Å². The summed E-state index contributed by atoms with van der Waals surface area (Å²) < 4.78 is 105. The Morgan fingerprint density at radius 2 is 1.84 bits per heavy atom. The summed E-state index contributed by atoms with van der Waals surface area (Å²) in [4.78, 5) is 29.1. The molecule has 240 valence electrons. The lowest BCUT2D eigenvalue weighted by Crippen LogP contribution is -2.43. The fourth-order valence-corrected chi connectivity index (χ4v) is 6.91. The summed E-state index contributed by atoms with van der Waals surface area (Å²) in [5.41, 5.74) is -3.50. The number of piperidine rings is 1. The van der Waals surface area contributed by atoms with Crippen molar-refractivity contribution in [3.05, 3.63) is 41.0 Å². The first-order chi connectivity index (χ1) is 20.3. The van der Waals surface area contributed by atoms with Crippen molar-refractivity contribution in [1.29, 1.82) is 0 Å². The number of rotatable bonds is 10. The Hall–Kier alpha value is -3.44. The van der Waals surface area contributed by atoms with Crippen LogP contribution in [0.15, 0.2) is 27.6 Å². The predicted molar refractivity (Wildman–Crippen MR) is 149 cm³/mol. The maximum atomic E-state index is 15.6. The quantitative estimate of drug-likeness (QED) is 0.261. The Morgan fingerprint density at radius 1 is 1.20 bits per heavy atom. The highest BCUT2D eigenvalue weighted by atomic mass is 32.2. The molecule has 1 amide bonds. The van der Waals surface area contributed by atoms with E-state index in [1.54, 1.807) is 0 Å². The summed E-state index contributed by atoms with van der Waals surface area (Å²) in [6, 6.07) is 2.40. The van der Waals surface area contributed by atoms with Gasteiger partial charge in [0.05, 0.1) is 15.9 Å². The molecule has 0 saturated carbocycles. The number of nitrogens with zero attached hydrogens (tertiary/aromatic N) is 3. The molecule has 0 spiro atoms. The highest BCUT2D eigenvalue weighted by molar-refractivity contribution is 7.89. The van der Waals surface area contributed by atoms with Gasteiger partial charge >= 0.3 is 5.97 Å². The number of carbonyl (C=O) groups excluding carboxylic acids is 1. The average Bonchev–Trinajstić information content (AvgIpc) is 3.54. The van der Waals surface area contributed by atoms with Crippen LogP contribution in [-0.2, 0) is 21.2 Å². The minimum Gasteiger partial charge on any atom is -0.481 e. The van der Waals surface area contributed by atoms with E-state index in [-0.39, 0.29) is 40.8 Å². The summed E-state index contributed by atoms with van der Waals surface area (Å²) in [7, 11) is -4.54. The number of carbonyl (C=O) groups is 2. The standard InChI is InChI=1S/C27H29F5N4O6S2/c1-13(2)35-44(40,41)17-6-5-15(18(19(17)28)22(29)30)21-20(24(37)36-9-7-27(31,32)8-10-36)33-23(43-21)16-11-14(42-34-16)12-26(3,4)25(38)39/h5-6,11,13,22,35H,7-10,12H2,1-4H3,(H,38,39). The van der Waals surface area contributed by atoms with Crippen molar-refractivity contribution in [2.75, 3.05) is 13.1 Å². The molecule has 0 aliphatic carbocycles. The number of nitrogens with one attached hydrogen (secondary N) is 1. The number of likely N-dealkylation sites (tertiary alicyclic amines) is 1. The fourth-order valence-electron chi connectivity index (χ4n) is 4.52. The van der Waals surface area contributed by atoms with Crippen LogP contribution in [0.25, 0.3) is 21.1 Å². The molecule has 0 atom stereocenters. The molecule has 3 heterocycles. The molecule has 1 aromatic carbocycles. The molecule has 0 unspecified atom stereocenters. The zero-order valence-corrected chi connectivity index (χ0v) is 25.6. The van der Waals surface area contributed by atoms with E-state index in [0.717, 1.165) is 17.0 Å². The Kier molecular flexibility index (Phi) is 9.24. The van der Waals surface area contributed by atoms with Gasteiger partial charge in [-0.1, -0.05) is 11.2 Å². The molecule has 17 heteroatoms. The third-order valence-corrected chi connectivity index (χ3v) is 9.66. The number of thiazole rings is 1. The number of carboxylic acid groups (broad SMARTS) is 1. The minimum absolute atomic E-state index is 0.0102. The summed E-state index contributed by atoms with van der Waals surface area (Å²) >= 11 is 0.649. The number of hydrogen-bond donors (Lipinski definition) is 2. The molecule has 4 rings (SSSR count). The van der Waals surface area contributed by atoms with Crippen molar-refractivity contribution >= 4 is 33.2 Å². The van der Waals surface area contributed by atoms with Crippen LogP contribution in [-0.4, -0.2) is 65.5 Å². The molecule has 1 fully saturated rings. The average molecular weight is 665 g/mol. The van der Waals surface area contributed by atoms with Gasteiger partial charge in [-0.2, -0.15) is 0 Å². The van der Waals surface area contributed by atoms with Crippen LogP contribution in [0, 0.1) is 11.2 Å². The van der Waals surface area contributed by atoms with Gasteiger partial charge < -0.3 is 14.5 Å². The summed E-state index contributed by atoms with van der Waals surface area (Å²) in [6.07, 6.45) is -4.88. The van der Waals surface area contributed by atoms with E-state index >= 15 is 4.39 Å². The molecule has 0 radical (unpaired) electrons. The topological polar surface area (TPSA) is 143 Å². The number of aliphatic carboxylic acids is 1. The molecule has 3 aromatic rings. The van der Waals surface area contributed by atoms with Gasteiger partial charge in [0.25, 0.3) is 18.3 Å². The summed E-state index contributed by atoms with van der Waals surface area (Å²) in [6.45, 7) is 5.12. The van der Waals surface area contributed by atoms with Gasteiger partial charge in [0.15, 0.2) is 5.82 Å². The Balaban J connectivity index is 1.86. The number of alkyl halides is 4.